The van der Waals surface area contributed by atoms with Crippen LogP contribution < -0.4 is 16.6 Å². The number of fused-ring (bicyclic) bond motifs is 1. The van der Waals surface area contributed by atoms with E-state index in [-0.39, 0.29) is 5.56 Å². The van der Waals surface area contributed by atoms with Crippen LogP contribution >= 0.6 is 11.6 Å². The fraction of sp³-hybridized carbons (Fsp3) is 0.389. The molecular formula is C18H22ClN5O2. The van der Waals surface area contributed by atoms with Gasteiger partial charge < -0.3 is 5.32 Å². The van der Waals surface area contributed by atoms with Crippen LogP contribution in [-0.4, -0.2) is 25.2 Å². The maximum atomic E-state index is 12.8. The van der Waals surface area contributed by atoms with E-state index in [0.29, 0.717) is 28.7 Å². The molecule has 7 nitrogen and oxygen atoms in total. The summed E-state index contributed by atoms with van der Waals surface area (Å²) in [6.45, 7) is 3.22. The normalized spacial score (nSPS) is 11.2. The summed E-state index contributed by atoms with van der Waals surface area (Å²) < 4.78 is 4.29. The SMILES string of the molecule is CCCCNc1nc2c(c(=O)n(C)c(=O)n2C)n1Cc1ccccc1Cl. The van der Waals surface area contributed by atoms with E-state index in [2.05, 4.69) is 17.2 Å². The second kappa shape index (κ2) is 7.37. The molecule has 3 rings (SSSR count). The Morgan fingerprint density at radius 2 is 1.88 bits per heavy atom. The van der Waals surface area contributed by atoms with E-state index >= 15 is 0 Å². The summed E-state index contributed by atoms with van der Waals surface area (Å²) in [5, 5.41) is 3.90. The summed E-state index contributed by atoms with van der Waals surface area (Å²) in [5.74, 6) is 0.562. The van der Waals surface area contributed by atoms with Crippen LogP contribution in [0.4, 0.5) is 5.95 Å². The molecule has 138 valence electrons. The topological polar surface area (TPSA) is 73.8 Å². The molecule has 0 unspecified atom stereocenters. The van der Waals surface area contributed by atoms with Crippen molar-refractivity contribution >= 4 is 28.7 Å². The van der Waals surface area contributed by atoms with Crippen molar-refractivity contribution in [2.24, 2.45) is 14.1 Å². The highest BCUT2D eigenvalue weighted by Gasteiger charge is 2.19. The van der Waals surface area contributed by atoms with E-state index in [4.69, 9.17) is 11.6 Å². The number of benzene rings is 1. The molecular weight excluding hydrogens is 354 g/mol. The number of nitrogens with zero attached hydrogens (tertiary/aromatic N) is 4. The van der Waals surface area contributed by atoms with Crippen LogP contribution in [0.15, 0.2) is 33.9 Å². The average molecular weight is 376 g/mol. The first-order chi connectivity index (χ1) is 12.5. The fourth-order valence-corrected chi connectivity index (χ4v) is 3.10. The highest BCUT2D eigenvalue weighted by molar-refractivity contribution is 6.31. The molecule has 1 N–H and O–H groups in total. The van der Waals surface area contributed by atoms with Gasteiger partial charge in [0.25, 0.3) is 5.56 Å². The summed E-state index contributed by atoms with van der Waals surface area (Å²) in [5.41, 5.74) is 0.858. The lowest BCUT2D eigenvalue weighted by molar-refractivity contribution is 0.702. The summed E-state index contributed by atoms with van der Waals surface area (Å²) in [7, 11) is 3.09. The number of halogens is 1. The molecule has 0 amide bonds. The molecule has 8 heteroatoms. The average Bonchev–Trinajstić information content (AvgIpc) is 2.99. The van der Waals surface area contributed by atoms with Crippen LogP contribution in [-0.2, 0) is 20.6 Å². The highest BCUT2D eigenvalue weighted by Crippen LogP contribution is 2.22. The number of hydrogen-bond donors (Lipinski definition) is 1. The molecule has 0 aliphatic carbocycles. The maximum Gasteiger partial charge on any atom is 0.332 e. The van der Waals surface area contributed by atoms with E-state index in [0.717, 1.165) is 29.5 Å². The van der Waals surface area contributed by atoms with Gasteiger partial charge in [0.1, 0.15) is 0 Å². The van der Waals surface area contributed by atoms with E-state index in [1.54, 1.807) is 11.6 Å². The van der Waals surface area contributed by atoms with Gasteiger partial charge in [-0.05, 0) is 18.1 Å². The Morgan fingerprint density at radius 1 is 1.15 bits per heavy atom. The molecule has 2 aromatic heterocycles. The number of anilines is 1. The second-order valence-corrected chi connectivity index (χ2v) is 6.68. The van der Waals surface area contributed by atoms with Crippen molar-refractivity contribution in [3.63, 3.8) is 0 Å². The molecule has 0 spiro atoms. The van der Waals surface area contributed by atoms with Gasteiger partial charge in [-0.1, -0.05) is 43.1 Å². The van der Waals surface area contributed by atoms with Gasteiger partial charge in [-0.15, -0.1) is 0 Å². The Kier molecular flexibility index (Phi) is 5.18. The zero-order chi connectivity index (χ0) is 18.8. The molecule has 0 aliphatic rings. The van der Waals surface area contributed by atoms with Gasteiger partial charge in [-0.2, -0.15) is 4.98 Å². The van der Waals surface area contributed by atoms with Gasteiger partial charge in [-0.25, -0.2) is 4.79 Å². The van der Waals surface area contributed by atoms with Crippen molar-refractivity contribution in [3.8, 4) is 0 Å². The Morgan fingerprint density at radius 3 is 2.58 bits per heavy atom. The van der Waals surface area contributed by atoms with Crippen LogP contribution in [0, 0.1) is 0 Å². The molecule has 0 saturated heterocycles. The van der Waals surface area contributed by atoms with Crippen LogP contribution in [0.25, 0.3) is 11.2 Å². The summed E-state index contributed by atoms with van der Waals surface area (Å²) >= 11 is 6.31. The van der Waals surface area contributed by atoms with Crippen LogP contribution in [0.1, 0.15) is 25.3 Å². The van der Waals surface area contributed by atoms with Crippen LogP contribution in [0.2, 0.25) is 5.02 Å². The first-order valence-electron chi connectivity index (χ1n) is 8.59. The molecule has 0 saturated carbocycles. The number of imidazole rings is 1. The third-order valence-corrected chi connectivity index (χ3v) is 4.82. The summed E-state index contributed by atoms with van der Waals surface area (Å²) in [6.07, 6.45) is 2.02. The minimum Gasteiger partial charge on any atom is -0.356 e. The number of aryl methyl sites for hydroxylation is 1. The first-order valence-corrected chi connectivity index (χ1v) is 8.97. The van der Waals surface area contributed by atoms with Gasteiger partial charge in [0.15, 0.2) is 11.2 Å². The lowest BCUT2D eigenvalue weighted by Gasteiger charge is -2.12. The van der Waals surface area contributed by atoms with Crippen LogP contribution in [0.5, 0.6) is 0 Å². The van der Waals surface area contributed by atoms with Gasteiger partial charge in [0.2, 0.25) is 5.95 Å². The van der Waals surface area contributed by atoms with Gasteiger partial charge in [0, 0.05) is 25.7 Å². The molecule has 0 fully saturated rings. The molecule has 0 radical (unpaired) electrons. The molecule has 26 heavy (non-hydrogen) atoms. The Hall–Kier alpha value is -2.54. The molecule has 2 heterocycles. The monoisotopic (exact) mass is 375 g/mol. The highest BCUT2D eigenvalue weighted by atomic mass is 35.5. The molecule has 0 aliphatic heterocycles. The molecule has 1 aromatic carbocycles. The van der Waals surface area contributed by atoms with E-state index in [1.807, 2.05) is 24.3 Å². The first kappa shape index (κ1) is 18.3. The van der Waals surface area contributed by atoms with Gasteiger partial charge in [-0.3, -0.25) is 18.5 Å². The number of unbranched alkanes of at least 4 members (excludes halogenated alkanes) is 1. The Bertz CT molecular complexity index is 1060. The van der Waals surface area contributed by atoms with Crippen molar-refractivity contribution in [1.29, 1.82) is 0 Å². The van der Waals surface area contributed by atoms with E-state index in [9.17, 15) is 9.59 Å². The Balaban J connectivity index is 2.23. The molecule has 3 aromatic rings. The lowest BCUT2D eigenvalue weighted by atomic mass is 10.2. The quantitative estimate of drug-likeness (QED) is 0.671. The third-order valence-electron chi connectivity index (χ3n) is 4.45. The smallest absolute Gasteiger partial charge is 0.332 e. The second-order valence-electron chi connectivity index (χ2n) is 6.27. The van der Waals surface area contributed by atoms with Crippen LogP contribution in [0.3, 0.4) is 0 Å². The minimum atomic E-state index is -0.398. The predicted octanol–water partition coefficient (Wildman–Crippen LogP) is 2.35. The third kappa shape index (κ3) is 3.14. The van der Waals surface area contributed by atoms with Gasteiger partial charge >= 0.3 is 5.69 Å². The largest absolute Gasteiger partial charge is 0.356 e. The number of aromatic nitrogens is 4. The van der Waals surface area contributed by atoms with Crippen molar-refractivity contribution in [2.45, 2.75) is 26.3 Å². The molecule has 0 atom stereocenters. The number of hydrogen-bond acceptors (Lipinski definition) is 4. The minimum absolute atomic E-state index is 0.365. The fourth-order valence-electron chi connectivity index (χ4n) is 2.91. The number of nitrogens with one attached hydrogen (secondary N) is 1. The zero-order valence-corrected chi connectivity index (χ0v) is 15.9. The predicted molar refractivity (Wildman–Crippen MR) is 104 cm³/mol. The maximum absolute atomic E-state index is 12.8. The van der Waals surface area contributed by atoms with Crippen molar-refractivity contribution in [3.05, 3.63) is 55.7 Å². The standard InChI is InChI=1S/C18H22ClN5O2/c1-4-5-10-20-17-21-15-14(16(25)23(3)18(26)22(15)2)24(17)11-12-8-6-7-9-13(12)19/h6-9H,4-5,10-11H2,1-3H3,(H,20,21). The van der Waals surface area contributed by atoms with E-state index < -0.39 is 5.69 Å². The Labute approximate surface area is 155 Å². The lowest BCUT2D eigenvalue weighted by Crippen LogP contribution is -2.37. The van der Waals surface area contributed by atoms with Crippen molar-refractivity contribution < 1.29 is 0 Å². The number of rotatable bonds is 6. The van der Waals surface area contributed by atoms with Gasteiger partial charge in [0.05, 0.1) is 6.54 Å². The summed E-state index contributed by atoms with van der Waals surface area (Å²) in [6, 6.07) is 7.49. The molecule has 0 bridgehead atoms. The van der Waals surface area contributed by atoms with Crippen molar-refractivity contribution in [2.75, 3.05) is 11.9 Å². The zero-order valence-electron chi connectivity index (χ0n) is 15.1. The van der Waals surface area contributed by atoms with Crippen molar-refractivity contribution in [1.82, 2.24) is 18.7 Å². The van der Waals surface area contributed by atoms with E-state index in [1.165, 1.54) is 11.6 Å². The summed E-state index contributed by atoms with van der Waals surface area (Å²) in [4.78, 5) is 29.5.